The number of aryl methyl sites for hydroxylation is 1. The third-order valence-electron chi connectivity index (χ3n) is 3.90. The van der Waals surface area contributed by atoms with E-state index in [-0.39, 0.29) is 0 Å². The van der Waals surface area contributed by atoms with Crippen LogP contribution < -0.4 is 5.48 Å². The van der Waals surface area contributed by atoms with E-state index in [4.69, 9.17) is 5.21 Å². The first-order valence-corrected chi connectivity index (χ1v) is 6.75. The third-order valence-corrected chi connectivity index (χ3v) is 3.90. The van der Waals surface area contributed by atoms with Gasteiger partial charge in [0.2, 0.25) is 0 Å². The topological polar surface area (TPSA) is 62.2 Å². The lowest BCUT2D eigenvalue weighted by Gasteiger charge is -2.24. The first kappa shape index (κ1) is 12.8. The van der Waals surface area contributed by atoms with Crippen molar-refractivity contribution in [2.75, 3.05) is 0 Å². The Morgan fingerprint density at radius 3 is 2.90 bits per heavy atom. The molecule has 1 unspecified atom stereocenters. The molecule has 1 aliphatic carbocycles. The maximum atomic E-state index is 11.5. The molecule has 3 rings (SSSR count). The number of hydroxylamine groups is 1. The smallest absolute Gasteiger partial charge is 0.274 e. The van der Waals surface area contributed by atoms with E-state index in [1.54, 1.807) is 11.5 Å². The molecule has 4 nitrogen and oxygen atoms in total. The first-order valence-electron chi connectivity index (χ1n) is 6.75. The van der Waals surface area contributed by atoms with Crippen LogP contribution in [0.25, 0.3) is 0 Å². The van der Waals surface area contributed by atoms with Gasteiger partial charge in [-0.25, -0.2) is 5.48 Å². The lowest BCUT2D eigenvalue weighted by atomic mass is 9.81. The number of hydrogen-bond acceptors (Lipinski definition) is 3. The lowest BCUT2D eigenvalue weighted by molar-refractivity contribution is 0.0706. The number of hydrogen-bond donors (Lipinski definition) is 2. The van der Waals surface area contributed by atoms with Crippen LogP contribution in [0, 0.1) is 0 Å². The molecule has 1 atom stereocenters. The minimum Gasteiger partial charge on any atom is -0.288 e. The van der Waals surface area contributed by atoms with Crippen LogP contribution >= 0.6 is 0 Å². The van der Waals surface area contributed by atoms with Gasteiger partial charge in [0.05, 0.1) is 0 Å². The number of carbonyl (C=O) groups is 1. The van der Waals surface area contributed by atoms with Crippen molar-refractivity contribution in [2.24, 2.45) is 0 Å². The molecule has 1 aliphatic rings. The molecule has 0 fully saturated rings. The van der Waals surface area contributed by atoms with Gasteiger partial charge in [0.15, 0.2) is 0 Å². The molecule has 2 aromatic rings. The normalized spacial score (nSPS) is 17.4. The van der Waals surface area contributed by atoms with Crippen LogP contribution in [-0.2, 0) is 12.8 Å². The van der Waals surface area contributed by atoms with Crippen LogP contribution in [0.3, 0.4) is 0 Å². The Bertz CT molecular complexity index is 626. The molecule has 1 amide bonds. The zero-order chi connectivity index (χ0) is 13.9. The van der Waals surface area contributed by atoms with E-state index < -0.39 is 5.91 Å². The minimum absolute atomic E-state index is 0.399. The lowest BCUT2D eigenvalue weighted by Crippen LogP contribution is -2.20. The average molecular weight is 268 g/mol. The molecular weight excluding hydrogens is 252 g/mol. The molecule has 20 heavy (non-hydrogen) atoms. The van der Waals surface area contributed by atoms with Crippen LogP contribution in [-0.4, -0.2) is 16.1 Å². The number of nitrogens with one attached hydrogen (secondary N) is 1. The summed E-state index contributed by atoms with van der Waals surface area (Å²) < 4.78 is 0. The van der Waals surface area contributed by atoms with Crippen molar-refractivity contribution in [1.82, 2.24) is 10.5 Å². The number of nitrogens with zero attached hydrogens (tertiary/aromatic N) is 1. The SMILES string of the molecule is O=C(NO)c1ccc2c(c1)CC(c1ccccn1)CC2. The van der Waals surface area contributed by atoms with E-state index in [1.807, 2.05) is 30.5 Å². The number of pyridine rings is 1. The summed E-state index contributed by atoms with van der Waals surface area (Å²) in [5.41, 5.74) is 5.74. The zero-order valence-corrected chi connectivity index (χ0v) is 11.0. The summed E-state index contributed by atoms with van der Waals surface area (Å²) in [6.07, 6.45) is 4.78. The molecule has 0 radical (unpaired) electrons. The summed E-state index contributed by atoms with van der Waals surface area (Å²) in [7, 11) is 0. The fraction of sp³-hybridized carbons (Fsp3) is 0.250. The summed E-state index contributed by atoms with van der Waals surface area (Å²) >= 11 is 0. The first-order chi connectivity index (χ1) is 9.78. The maximum absolute atomic E-state index is 11.5. The van der Waals surface area contributed by atoms with Gasteiger partial charge in [0, 0.05) is 23.4 Å². The standard InChI is InChI=1S/C16H16N2O2/c19-16(18-20)13-7-5-11-4-6-12(9-14(11)10-13)15-3-1-2-8-17-15/h1-3,5,7-8,10,12,20H,4,6,9H2,(H,18,19). The van der Waals surface area contributed by atoms with E-state index in [1.165, 1.54) is 11.1 Å². The van der Waals surface area contributed by atoms with Crippen LogP contribution in [0.15, 0.2) is 42.6 Å². The fourth-order valence-electron chi connectivity index (χ4n) is 2.83. The quantitative estimate of drug-likeness (QED) is 0.649. The van der Waals surface area contributed by atoms with Gasteiger partial charge in [-0.15, -0.1) is 0 Å². The van der Waals surface area contributed by atoms with Gasteiger partial charge < -0.3 is 0 Å². The average Bonchev–Trinajstić information content (AvgIpc) is 2.54. The van der Waals surface area contributed by atoms with E-state index in [9.17, 15) is 4.79 Å². The number of amides is 1. The van der Waals surface area contributed by atoms with Gasteiger partial charge in [-0.1, -0.05) is 12.1 Å². The molecule has 1 aromatic carbocycles. The molecule has 0 aliphatic heterocycles. The zero-order valence-electron chi connectivity index (χ0n) is 11.0. The Morgan fingerprint density at radius 2 is 2.15 bits per heavy atom. The highest BCUT2D eigenvalue weighted by Crippen LogP contribution is 2.32. The summed E-state index contributed by atoms with van der Waals surface area (Å²) in [5, 5.41) is 8.71. The molecule has 102 valence electrons. The highest BCUT2D eigenvalue weighted by atomic mass is 16.5. The summed E-state index contributed by atoms with van der Waals surface area (Å²) in [4.78, 5) is 15.9. The molecule has 1 heterocycles. The summed E-state index contributed by atoms with van der Waals surface area (Å²) in [5.74, 6) is -0.0658. The van der Waals surface area contributed by atoms with E-state index in [2.05, 4.69) is 11.1 Å². The molecule has 0 saturated carbocycles. The minimum atomic E-state index is -0.465. The molecule has 0 spiro atoms. The van der Waals surface area contributed by atoms with Gasteiger partial charge >= 0.3 is 0 Å². The summed E-state index contributed by atoms with van der Waals surface area (Å²) in [6, 6.07) is 11.6. The van der Waals surface area contributed by atoms with Gasteiger partial charge in [-0.3, -0.25) is 15.0 Å². The second-order valence-corrected chi connectivity index (χ2v) is 5.12. The predicted molar refractivity (Wildman–Crippen MR) is 74.7 cm³/mol. The number of rotatable bonds is 2. The van der Waals surface area contributed by atoms with Crippen molar-refractivity contribution in [2.45, 2.75) is 25.2 Å². The number of aromatic nitrogens is 1. The van der Waals surface area contributed by atoms with Gasteiger partial charge in [0.1, 0.15) is 0 Å². The highest BCUT2D eigenvalue weighted by molar-refractivity contribution is 5.93. The largest absolute Gasteiger partial charge is 0.288 e. The Kier molecular flexibility index (Phi) is 3.48. The van der Waals surface area contributed by atoms with Crippen molar-refractivity contribution in [3.63, 3.8) is 0 Å². The Hall–Kier alpha value is -2.20. The third kappa shape index (κ3) is 2.42. The second kappa shape index (κ2) is 5.43. The molecule has 0 saturated heterocycles. The highest BCUT2D eigenvalue weighted by Gasteiger charge is 2.21. The summed E-state index contributed by atoms with van der Waals surface area (Å²) in [6.45, 7) is 0. The monoisotopic (exact) mass is 268 g/mol. The molecule has 4 heteroatoms. The molecule has 0 bridgehead atoms. The van der Waals surface area contributed by atoms with Crippen molar-refractivity contribution >= 4 is 5.91 Å². The van der Waals surface area contributed by atoms with E-state index >= 15 is 0 Å². The van der Waals surface area contributed by atoms with Gasteiger partial charge in [-0.05, 0) is 54.7 Å². The Morgan fingerprint density at radius 1 is 1.25 bits per heavy atom. The maximum Gasteiger partial charge on any atom is 0.274 e. The van der Waals surface area contributed by atoms with E-state index in [0.29, 0.717) is 11.5 Å². The number of fused-ring (bicyclic) bond motifs is 1. The molecule has 2 N–H and O–H groups in total. The second-order valence-electron chi connectivity index (χ2n) is 5.12. The van der Waals surface area contributed by atoms with Crippen molar-refractivity contribution in [3.8, 4) is 0 Å². The van der Waals surface area contributed by atoms with Gasteiger partial charge in [0.25, 0.3) is 5.91 Å². The van der Waals surface area contributed by atoms with Crippen molar-refractivity contribution < 1.29 is 10.0 Å². The predicted octanol–water partition coefficient (Wildman–Crippen LogP) is 2.47. The van der Waals surface area contributed by atoms with Gasteiger partial charge in [-0.2, -0.15) is 0 Å². The molecular formula is C16H16N2O2. The molecule has 1 aromatic heterocycles. The van der Waals surface area contributed by atoms with Crippen molar-refractivity contribution in [3.05, 3.63) is 65.0 Å². The van der Waals surface area contributed by atoms with Crippen LogP contribution in [0.1, 0.15) is 39.5 Å². The van der Waals surface area contributed by atoms with Crippen LogP contribution in [0.4, 0.5) is 0 Å². The Balaban J connectivity index is 1.88. The Labute approximate surface area is 117 Å². The van der Waals surface area contributed by atoms with E-state index in [0.717, 1.165) is 25.0 Å². The van der Waals surface area contributed by atoms with Crippen LogP contribution in [0.5, 0.6) is 0 Å². The number of carbonyl (C=O) groups excluding carboxylic acids is 1. The van der Waals surface area contributed by atoms with Crippen molar-refractivity contribution in [1.29, 1.82) is 0 Å². The number of benzene rings is 1. The van der Waals surface area contributed by atoms with Crippen LogP contribution in [0.2, 0.25) is 0 Å². The fourth-order valence-corrected chi connectivity index (χ4v) is 2.83.